The van der Waals surface area contributed by atoms with Gasteiger partial charge < -0.3 is 10.2 Å². The van der Waals surface area contributed by atoms with Crippen molar-refractivity contribution < 1.29 is 55.6 Å². The second-order valence-corrected chi connectivity index (χ2v) is 12.2. The zero-order valence-corrected chi connectivity index (χ0v) is 29.3. The summed E-state index contributed by atoms with van der Waals surface area (Å²) in [6, 6.07) is 38.3. The molecule has 259 valence electrons. The second kappa shape index (κ2) is 19.8. The maximum absolute atomic E-state index is 12.5. The predicted molar refractivity (Wildman–Crippen MR) is 171 cm³/mol. The summed E-state index contributed by atoms with van der Waals surface area (Å²) >= 11 is 0. The van der Waals surface area contributed by atoms with E-state index in [0.29, 0.717) is 25.5 Å². The Morgan fingerprint density at radius 3 is 1.37 bits per heavy atom. The van der Waals surface area contributed by atoms with E-state index >= 15 is 0 Å². The molecule has 1 N–H and O–H groups in total. The molecule has 0 unspecified atom stereocenters. The summed E-state index contributed by atoms with van der Waals surface area (Å²) in [6.07, 6.45) is 0. The average molecular weight is 731 g/mol. The summed E-state index contributed by atoms with van der Waals surface area (Å²) < 4.78 is 34.0. The maximum atomic E-state index is 12.5. The molecule has 5 rings (SSSR count). The van der Waals surface area contributed by atoms with Crippen molar-refractivity contribution in [2.24, 2.45) is 10.4 Å². The normalized spacial score (nSPS) is 11.4. The smallest absolute Gasteiger partial charge is 0.861 e. The summed E-state index contributed by atoms with van der Waals surface area (Å²) in [5.74, 6) is 0.235. The van der Waals surface area contributed by atoms with E-state index < -0.39 is 15.7 Å². The number of aliphatic imine (C=N–C) groups is 1. The van der Waals surface area contributed by atoms with Crippen LogP contribution in [0.25, 0.3) is 22.5 Å². The molecule has 3 heterocycles. The van der Waals surface area contributed by atoms with E-state index in [1.807, 2.05) is 93.6 Å². The minimum absolute atomic E-state index is 0. The molecule has 0 saturated heterocycles. The molecule has 0 amide bonds. The molecule has 3 aromatic heterocycles. The van der Waals surface area contributed by atoms with Gasteiger partial charge in [-0.2, -0.15) is 0 Å². The Bertz CT molecular complexity index is 1640. The fourth-order valence-corrected chi connectivity index (χ4v) is 4.42. The van der Waals surface area contributed by atoms with Crippen molar-refractivity contribution in [2.45, 2.75) is 40.4 Å². The second-order valence-electron chi connectivity index (χ2n) is 11.4. The minimum Gasteiger partial charge on any atom is -0.861 e. The molecule has 13 heteroatoms. The number of benzene rings is 2. The largest absolute Gasteiger partial charge is 3.00 e. The van der Waals surface area contributed by atoms with Gasteiger partial charge in [-0.25, -0.2) is 28.6 Å². The van der Waals surface area contributed by atoms with E-state index in [2.05, 4.69) is 46.3 Å². The number of aliphatic hydroxyl groups excluding tert-OH is 1. The zero-order chi connectivity index (χ0) is 35.2. The molecule has 2 aromatic carbocycles. The van der Waals surface area contributed by atoms with Gasteiger partial charge in [-0.05, 0) is 47.7 Å². The Morgan fingerprint density at radius 1 is 0.612 bits per heavy atom. The number of aromatic nitrogens is 3. The first-order valence-electron chi connectivity index (χ1n) is 14.9. The van der Waals surface area contributed by atoms with Gasteiger partial charge >= 0.3 is 16.5 Å². The number of hydrogen-bond acceptors (Lipinski definition) is 11. The van der Waals surface area contributed by atoms with Gasteiger partial charge in [0.05, 0.1) is 28.5 Å². The fraction of sp³-hybridized carbons (Fsp3) is 0.222. The Labute approximate surface area is 299 Å². The van der Waals surface area contributed by atoms with Crippen molar-refractivity contribution in [3.8, 4) is 22.5 Å². The number of halogens is 1. The SMILES string of the molecule is CC(C)(C)/C([O-])=N/c1cccc(CN(Cc2cccc(-c3ccccc3)n2)Cc2cccc(-c3ccccc3)n2)n1.CO.[Ni+3].[O-][Cl+3]([O-])([O-])[O-]. The Kier molecular flexibility index (Phi) is 16.6. The molecular formula is C36H38ClN5NiO6+. The third kappa shape index (κ3) is 14.9. The molecule has 0 spiro atoms. The third-order valence-corrected chi connectivity index (χ3v) is 6.56. The molecule has 0 saturated carbocycles. The molecule has 0 aliphatic carbocycles. The number of nitrogens with zero attached hydrogens (tertiary/aromatic N) is 5. The Balaban J connectivity index is 0.000000956. The summed E-state index contributed by atoms with van der Waals surface area (Å²) in [5.41, 5.74) is 6.21. The molecule has 5 aromatic rings. The van der Waals surface area contributed by atoms with Crippen LogP contribution in [0.2, 0.25) is 0 Å². The fourth-order valence-electron chi connectivity index (χ4n) is 4.42. The van der Waals surface area contributed by atoms with Gasteiger partial charge in [0.1, 0.15) is 0 Å². The molecule has 1 radical (unpaired) electrons. The first-order valence-corrected chi connectivity index (χ1v) is 16.1. The maximum Gasteiger partial charge on any atom is 3.00 e. The summed E-state index contributed by atoms with van der Waals surface area (Å²) in [6.45, 7) is 7.32. The number of pyridine rings is 3. The van der Waals surface area contributed by atoms with Crippen molar-refractivity contribution in [1.82, 2.24) is 19.9 Å². The van der Waals surface area contributed by atoms with Gasteiger partial charge in [0, 0.05) is 37.9 Å². The van der Waals surface area contributed by atoms with Gasteiger partial charge in [-0.15, -0.1) is 10.2 Å². The van der Waals surface area contributed by atoms with E-state index in [4.69, 9.17) is 38.7 Å². The standard InChI is InChI=1S/C35H35N5O.CH4O.ClHO4.Ni/c1-35(2,3)34(41)39-33-22-12-19-30(38-33)25-40(23-28-17-10-20-31(36-28)26-13-6-4-7-14-26)24-29-18-11-21-32(37-29)27-15-8-5-9-16-27;1-2;2-1(3,4)5;/h4-22H,23-25H2,1-3H3,(H,38,39,41);2H,1H3;(H,2,3,4,5);/q;;;+3/p-2. The van der Waals surface area contributed by atoms with Crippen molar-refractivity contribution in [3.05, 3.63) is 132 Å². The first-order chi connectivity index (χ1) is 22.8. The molecule has 11 nitrogen and oxygen atoms in total. The molecule has 0 aliphatic heterocycles. The molecule has 0 aliphatic rings. The van der Waals surface area contributed by atoms with Gasteiger partial charge in [-0.3, -0.25) is 14.9 Å². The van der Waals surface area contributed by atoms with Gasteiger partial charge in [-0.1, -0.05) is 99.6 Å². The van der Waals surface area contributed by atoms with Gasteiger partial charge in [0.25, 0.3) is 0 Å². The molecular weight excluding hydrogens is 693 g/mol. The van der Waals surface area contributed by atoms with Crippen LogP contribution in [0, 0.1) is 15.7 Å². The van der Waals surface area contributed by atoms with E-state index in [1.165, 1.54) is 0 Å². The summed E-state index contributed by atoms with van der Waals surface area (Å²) in [4.78, 5) is 21.2. The monoisotopic (exact) mass is 729 g/mol. The number of aliphatic hydroxyl groups is 1. The zero-order valence-electron chi connectivity index (χ0n) is 27.5. The summed E-state index contributed by atoms with van der Waals surface area (Å²) in [5, 5.41) is 19.5. The van der Waals surface area contributed by atoms with Crippen LogP contribution in [-0.2, 0) is 36.1 Å². The minimum atomic E-state index is -4.94. The van der Waals surface area contributed by atoms with Crippen molar-refractivity contribution in [1.29, 1.82) is 0 Å². The van der Waals surface area contributed by atoms with Crippen LogP contribution in [0.4, 0.5) is 5.82 Å². The van der Waals surface area contributed by atoms with E-state index in [0.717, 1.165) is 46.7 Å². The van der Waals surface area contributed by atoms with Crippen LogP contribution in [0.1, 0.15) is 37.9 Å². The van der Waals surface area contributed by atoms with Gasteiger partial charge in [0.15, 0.2) is 5.82 Å². The average Bonchev–Trinajstić information content (AvgIpc) is 3.06. The van der Waals surface area contributed by atoms with Crippen LogP contribution in [0.3, 0.4) is 0 Å². The quantitative estimate of drug-likeness (QED) is 0.133. The van der Waals surface area contributed by atoms with Crippen LogP contribution in [0.15, 0.2) is 120 Å². The van der Waals surface area contributed by atoms with Crippen molar-refractivity contribution >= 4 is 11.7 Å². The molecule has 0 atom stereocenters. The molecule has 0 bridgehead atoms. The first kappa shape index (κ1) is 41.1. The van der Waals surface area contributed by atoms with Crippen molar-refractivity contribution in [2.75, 3.05) is 7.11 Å². The third-order valence-electron chi connectivity index (χ3n) is 6.56. The Hall–Kier alpha value is -4.10. The van der Waals surface area contributed by atoms with Gasteiger partial charge in [0.2, 0.25) is 0 Å². The number of rotatable bonds is 9. The van der Waals surface area contributed by atoms with E-state index in [-0.39, 0.29) is 22.4 Å². The predicted octanol–water partition coefficient (Wildman–Crippen LogP) is 1.69. The van der Waals surface area contributed by atoms with E-state index in [9.17, 15) is 5.11 Å². The molecule has 49 heavy (non-hydrogen) atoms. The van der Waals surface area contributed by atoms with Crippen LogP contribution in [0.5, 0.6) is 0 Å². The van der Waals surface area contributed by atoms with Crippen LogP contribution >= 0.6 is 0 Å². The molecule has 0 fully saturated rings. The topological polar surface area (TPSA) is 190 Å². The Morgan fingerprint density at radius 2 is 0.980 bits per heavy atom. The van der Waals surface area contributed by atoms with E-state index in [1.54, 1.807) is 6.07 Å². The van der Waals surface area contributed by atoms with Crippen LogP contribution in [-0.4, -0.2) is 38.0 Å². The van der Waals surface area contributed by atoms with Crippen molar-refractivity contribution in [3.63, 3.8) is 0 Å². The summed E-state index contributed by atoms with van der Waals surface area (Å²) in [7, 11) is -3.94. The van der Waals surface area contributed by atoms with Crippen LogP contribution < -0.4 is 23.7 Å². The number of hydrogen-bond donors (Lipinski definition) is 1.